The van der Waals surface area contributed by atoms with Crippen LogP contribution in [0, 0.1) is 0 Å². The summed E-state index contributed by atoms with van der Waals surface area (Å²) in [7, 11) is 0. The van der Waals surface area contributed by atoms with Crippen molar-refractivity contribution in [3.8, 4) is 0 Å². The number of carboxylic acids is 1. The van der Waals surface area contributed by atoms with Gasteiger partial charge in [0.25, 0.3) is 0 Å². The van der Waals surface area contributed by atoms with Gasteiger partial charge in [0.1, 0.15) is 5.60 Å². The summed E-state index contributed by atoms with van der Waals surface area (Å²) in [4.78, 5) is 26.4. The van der Waals surface area contributed by atoms with Gasteiger partial charge in [-0.15, -0.1) is 11.3 Å². The molecule has 0 aromatic carbocycles. The second-order valence-electron chi connectivity index (χ2n) is 7.19. The highest BCUT2D eigenvalue weighted by Crippen LogP contribution is 2.35. The predicted octanol–water partition coefficient (Wildman–Crippen LogP) is 1.77. The number of hydrogen-bond donors (Lipinski definition) is 3. The molecule has 0 bridgehead atoms. The van der Waals surface area contributed by atoms with E-state index >= 15 is 0 Å². The standard InChI is InChI=1S/C18H27N3O4S/c1-3-21(10-16(22)23)13-8-12(9-13)20-17(24)19-11-18(2)14-5-7-26-15(14)4-6-25-18/h5,7,12-13H,3-4,6,8-11H2,1-2H3,(H,22,23)(H2,19,20,24). The number of rotatable bonds is 7. The molecule has 1 aromatic rings. The highest BCUT2D eigenvalue weighted by atomic mass is 32.1. The van der Waals surface area contributed by atoms with E-state index in [-0.39, 0.29) is 24.7 Å². The van der Waals surface area contributed by atoms with Crippen LogP contribution >= 0.6 is 11.3 Å². The second kappa shape index (κ2) is 7.94. The zero-order chi connectivity index (χ0) is 18.7. The van der Waals surface area contributed by atoms with Gasteiger partial charge in [0.05, 0.1) is 19.7 Å². The van der Waals surface area contributed by atoms with E-state index in [9.17, 15) is 9.59 Å². The van der Waals surface area contributed by atoms with Crippen molar-refractivity contribution in [2.45, 2.75) is 50.8 Å². The first-order chi connectivity index (χ1) is 12.4. The Morgan fingerprint density at radius 3 is 2.92 bits per heavy atom. The molecule has 1 aromatic heterocycles. The van der Waals surface area contributed by atoms with Gasteiger partial charge in [0.2, 0.25) is 0 Å². The molecule has 1 atom stereocenters. The maximum Gasteiger partial charge on any atom is 0.317 e. The van der Waals surface area contributed by atoms with Gasteiger partial charge in [-0.3, -0.25) is 9.69 Å². The van der Waals surface area contributed by atoms with Crippen molar-refractivity contribution in [3.63, 3.8) is 0 Å². The third-order valence-electron chi connectivity index (χ3n) is 5.36. The second-order valence-corrected chi connectivity index (χ2v) is 8.19. The Labute approximate surface area is 157 Å². The predicted molar refractivity (Wildman–Crippen MR) is 99.6 cm³/mol. The van der Waals surface area contributed by atoms with Crippen molar-refractivity contribution in [1.29, 1.82) is 0 Å². The molecule has 0 spiro atoms. The van der Waals surface area contributed by atoms with Gasteiger partial charge < -0.3 is 20.5 Å². The molecule has 1 fully saturated rings. The van der Waals surface area contributed by atoms with Crippen LogP contribution in [0.15, 0.2) is 11.4 Å². The molecule has 26 heavy (non-hydrogen) atoms. The minimum atomic E-state index is -0.811. The van der Waals surface area contributed by atoms with Crippen LogP contribution in [0.5, 0.6) is 0 Å². The number of hydrogen-bond acceptors (Lipinski definition) is 5. The van der Waals surface area contributed by atoms with Gasteiger partial charge in [0, 0.05) is 23.4 Å². The molecule has 1 unspecified atom stereocenters. The molecular weight excluding hydrogens is 354 g/mol. The highest BCUT2D eigenvalue weighted by molar-refractivity contribution is 7.10. The smallest absolute Gasteiger partial charge is 0.317 e. The van der Waals surface area contributed by atoms with E-state index in [0.717, 1.165) is 19.3 Å². The maximum absolute atomic E-state index is 12.2. The number of carbonyl (C=O) groups excluding carboxylic acids is 1. The first-order valence-corrected chi connectivity index (χ1v) is 10.00. The monoisotopic (exact) mass is 381 g/mol. The zero-order valence-corrected chi connectivity index (χ0v) is 16.1. The molecule has 2 aliphatic rings. The number of carboxylic acid groups (broad SMARTS) is 1. The maximum atomic E-state index is 12.2. The fourth-order valence-electron chi connectivity index (χ4n) is 3.76. The minimum Gasteiger partial charge on any atom is -0.480 e. The third-order valence-corrected chi connectivity index (χ3v) is 6.34. The molecule has 144 valence electrons. The van der Waals surface area contributed by atoms with Crippen LogP contribution in [0.25, 0.3) is 0 Å². The third kappa shape index (κ3) is 4.19. The van der Waals surface area contributed by atoms with Crippen LogP contribution in [-0.2, 0) is 21.6 Å². The molecule has 3 N–H and O–H groups in total. The molecule has 7 nitrogen and oxygen atoms in total. The first-order valence-electron chi connectivity index (χ1n) is 9.12. The molecular formula is C18H27N3O4S. The summed E-state index contributed by atoms with van der Waals surface area (Å²) < 4.78 is 5.95. The van der Waals surface area contributed by atoms with Gasteiger partial charge in [-0.1, -0.05) is 6.92 Å². The van der Waals surface area contributed by atoms with Gasteiger partial charge >= 0.3 is 12.0 Å². The Morgan fingerprint density at radius 2 is 2.23 bits per heavy atom. The largest absolute Gasteiger partial charge is 0.480 e. The topological polar surface area (TPSA) is 90.9 Å². The van der Waals surface area contributed by atoms with Crippen LogP contribution in [0.4, 0.5) is 4.79 Å². The highest BCUT2D eigenvalue weighted by Gasteiger charge is 2.36. The Morgan fingerprint density at radius 1 is 1.46 bits per heavy atom. The van der Waals surface area contributed by atoms with Gasteiger partial charge in [-0.25, -0.2) is 4.79 Å². The van der Waals surface area contributed by atoms with Crippen LogP contribution in [0.2, 0.25) is 0 Å². The molecule has 2 heterocycles. The summed E-state index contributed by atoms with van der Waals surface area (Å²) in [6.07, 6.45) is 2.51. The van der Waals surface area contributed by atoms with Crippen LogP contribution in [0.3, 0.4) is 0 Å². The Hall–Kier alpha value is -1.64. The van der Waals surface area contributed by atoms with Crippen LogP contribution < -0.4 is 10.6 Å². The number of carbonyl (C=O) groups is 2. The van der Waals surface area contributed by atoms with E-state index in [1.54, 1.807) is 11.3 Å². The molecule has 0 saturated heterocycles. The van der Waals surface area contributed by atoms with Crippen LogP contribution in [0.1, 0.15) is 37.1 Å². The van der Waals surface area contributed by atoms with Gasteiger partial charge in [-0.2, -0.15) is 0 Å². The lowest BCUT2D eigenvalue weighted by Crippen LogP contribution is -2.57. The van der Waals surface area contributed by atoms with E-state index < -0.39 is 11.6 Å². The molecule has 1 aliphatic carbocycles. The lowest BCUT2D eigenvalue weighted by Gasteiger charge is -2.42. The average Bonchev–Trinajstić information content (AvgIpc) is 3.04. The van der Waals surface area contributed by atoms with E-state index in [2.05, 4.69) is 22.1 Å². The summed E-state index contributed by atoms with van der Waals surface area (Å²) in [6.45, 7) is 5.84. The molecule has 2 amide bonds. The summed E-state index contributed by atoms with van der Waals surface area (Å²) >= 11 is 1.74. The lowest BCUT2D eigenvalue weighted by molar-refractivity contribution is -0.139. The normalized spacial score (nSPS) is 27.5. The quantitative estimate of drug-likeness (QED) is 0.670. The number of aliphatic carboxylic acids is 1. The molecule has 3 rings (SSSR count). The number of amides is 2. The van der Waals surface area contributed by atoms with Crippen molar-refractivity contribution in [2.24, 2.45) is 0 Å². The summed E-state index contributed by atoms with van der Waals surface area (Å²) in [5, 5.41) is 16.9. The molecule has 1 aliphatic heterocycles. The fourth-order valence-corrected chi connectivity index (χ4v) is 4.74. The van der Waals surface area contributed by atoms with Crippen molar-refractivity contribution in [2.75, 3.05) is 26.2 Å². The SMILES string of the molecule is CCN(CC(=O)O)C1CC(NC(=O)NCC2(C)OCCc3sccc32)C1. The molecule has 1 saturated carbocycles. The van der Waals surface area contributed by atoms with E-state index in [1.165, 1.54) is 10.4 Å². The Kier molecular flexibility index (Phi) is 5.84. The number of fused-ring (bicyclic) bond motifs is 1. The average molecular weight is 381 g/mol. The van der Waals surface area contributed by atoms with Crippen LogP contribution in [-0.4, -0.2) is 60.3 Å². The lowest BCUT2D eigenvalue weighted by atomic mass is 9.85. The number of nitrogens with one attached hydrogen (secondary N) is 2. The number of urea groups is 1. The van der Waals surface area contributed by atoms with E-state index in [4.69, 9.17) is 9.84 Å². The van der Waals surface area contributed by atoms with Crippen molar-refractivity contribution >= 4 is 23.3 Å². The van der Waals surface area contributed by atoms with E-state index in [0.29, 0.717) is 19.7 Å². The Bertz CT molecular complexity index is 659. The zero-order valence-electron chi connectivity index (χ0n) is 15.3. The van der Waals surface area contributed by atoms with Crippen molar-refractivity contribution in [3.05, 3.63) is 21.9 Å². The summed E-state index contributed by atoms with van der Waals surface area (Å²) in [6, 6.07) is 2.22. The molecule has 0 radical (unpaired) electrons. The first kappa shape index (κ1) is 19.1. The van der Waals surface area contributed by atoms with E-state index in [1.807, 2.05) is 18.7 Å². The van der Waals surface area contributed by atoms with Gasteiger partial charge in [0.15, 0.2) is 0 Å². The van der Waals surface area contributed by atoms with Gasteiger partial charge in [-0.05, 0) is 43.3 Å². The Balaban J connectivity index is 1.43. The molecule has 8 heteroatoms. The fraction of sp³-hybridized carbons (Fsp3) is 0.667. The summed E-state index contributed by atoms with van der Waals surface area (Å²) in [5.74, 6) is -0.811. The number of likely N-dealkylation sites (N-methyl/N-ethyl adjacent to an activating group) is 1. The number of nitrogens with zero attached hydrogens (tertiary/aromatic N) is 1. The van der Waals surface area contributed by atoms with Crippen molar-refractivity contribution in [1.82, 2.24) is 15.5 Å². The number of ether oxygens (including phenoxy) is 1. The summed E-state index contributed by atoms with van der Waals surface area (Å²) in [5.41, 5.74) is 0.693. The van der Waals surface area contributed by atoms with Crippen molar-refractivity contribution < 1.29 is 19.4 Å². The number of thiophene rings is 1. The minimum absolute atomic E-state index is 0.0543.